The van der Waals surface area contributed by atoms with E-state index < -0.39 is 24.9 Å². The average molecular weight is 313 g/mol. The fourth-order valence-corrected chi connectivity index (χ4v) is 3.52. The van der Waals surface area contributed by atoms with Gasteiger partial charge in [0.25, 0.3) is 0 Å². The van der Waals surface area contributed by atoms with E-state index in [2.05, 4.69) is 5.32 Å². The Morgan fingerprint density at radius 1 is 1.11 bits per heavy atom. The van der Waals surface area contributed by atoms with Crippen LogP contribution in [-0.2, 0) is 19.7 Å². The molecule has 0 aliphatic rings. The maximum absolute atomic E-state index is 11.6. The van der Waals surface area contributed by atoms with Gasteiger partial charge in [0.1, 0.15) is 9.84 Å². The second-order valence-electron chi connectivity index (χ2n) is 4.97. The van der Waals surface area contributed by atoms with Crippen molar-refractivity contribution >= 4 is 19.7 Å². The van der Waals surface area contributed by atoms with Gasteiger partial charge in [-0.05, 0) is 32.7 Å². The highest BCUT2D eigenvalue weighted by molar-refractivity contribution is 7.91. The summed E-state index contributed by atoms with van der Waals surface area (Å²) in [6.45, 7) is 6.06. The summed E-state index contributed by atoms with van der Waals surface area (Å²) >= 11 is 0. The molecule has 0 bridgehead atoms. The second-order valence-corrected chi connectivity index (χ2v) is 9.85. The SMILES string of the molecule is CCCNC(CCCS(=O)(=O)CC)C(C)S(C)(=O)=O. The van der Waals surface area contributed by atoms with Crippen molar-refractivity contribution in [3.05, 3.63) is 0 Å². The predicted octanol–water partition coefficient (Wildman–Crippen LogP) is 1.00. The quantitative estimate of drug-likeness (QED) is 0.651. The van der Waals surface area contributed by atoms with Crippen molar-refractivity contribution in [2.75, 3.05) is 24.3 Å². The van der Waals surface area contributed by atoms with E-state index in [-0.39, 0.29) is 17.5 Å². The summed E-state index contributed by atoms with van der Waals surface area (Å²) in [7, 11) is -6.09. The highest BCUT2D eigenvalue weighted by Gasteiger charge is 2.25. The van der Waals surface area contributed by atoms with Crippen molar-refractivity contribution in [2.45, 2.75) is 51.3 Å². The number of hydrogen-bond donors (Lipinski definition) is 1. The fraction of sp³-hybridized carbons (Fsp3) is 1.00. The molecule has 19 heavy (non-hydrogen) atoms. The van der Waals surface area contributed by atoms with Gasteiger partial charge in [0.05, 0.1) is 11.0 Å². The minimum atomic E-state index is -3.12. The summed E-state index contributed by atoms with van der Waals surface area (Å²) < 4.78 is 46.0. The van der Waals surface area contributed by atoms with Crippen LogP contribution in [0.3, 0.4) is 0 Å². The van der Waals surface area contributed by atoms with Crippen molar-refractivity contribution in [3.8, 4) is 0 Å². The van der Waals surface area contributed by atoms with Crippen LogP contribution in [-0.4, -0.2) is 52.4 Å². The Morgan fingerprint density at radius 3 is 2.11 bits per heavy atom. The van der Waals surface area contributed by atoms with Gasteiger partial charge >= 0.3 is 0 Å². The van der Waals surface area contributed by atoms with Gasteiger partial charge in [-0.2, -0.15) is 0 Å². The van der Waals surface area contributed by atoms with E-state index in [4.69, 9.17) is 0 Å². The lowest BCUT2D eigenvalue weighted by atomic mass is 10.1. The van der Waals surface area contributed by atoms with Gasteiger partial charge in [-0.15, -0.1) is 0 Å². The van der Waals surface area contributed by atoms with Gasteiger partial charge in [0.15, 0.2) is 9.84 Å². The first-order valence-corrected chi connectivity index (χ1v) is 10.5. The molecule has 0 aliphatic heterocycles. The molecular formula is C12H27NO4S2. The van der Waals surface area contributed by atoms with Gasteiger partial charge in [0.2, 0.25) is 0 Å². The molecular weight excluding hydrogens is 286 g/mol. The Morgan fingerprint density at radius 2 is 1.68 bits per heavy atom. The van der Waals surface area contributed by atoms with Gasteiger partial charge in [-0.1, -0.05) is 13.8 Å². The van der Waals surface area contributed by atoms with Crippen molar-refractivity contribution in [1.82, 2.24) is 5.32 Å². The summed E-state index contributed by atoms with van der Waals surface area (Å²) in [5.74, 6) is 0.270. The summed E-state index contributed by atoms with van der Waals surface area (Å²) in [5.41, 5.74) is 0. The van der Waals surface area contributed by atoms with Crippen molar-refractivity contribution in [1.29, 1.82) is 0 Å². The molecule has 0 aromatic rings. The van der Waals surface area contributed by atoms with Gasteiger partial charge in [0, 0.05) is 18.1 Å². The third-order valence-corrected chi connectivity index (χ3v) is 6.78. The first-order valence-electron chi connectivity index (χ1n) is 6.76. The Kier molecular flexibility index (Phi) is 8.15. The lowest BCUT2D eigenvalue weighted by Gasteiger charge is -2.24. The van der Waals surface area contributed by atoms with Crippen molar-refractivity contribution in [2.24, 2.45) is 0 Å². The first kappa shape index (κ1) is 18.9. The second kappa shape index (κ2) is 8.21. The molecule has 0 heterocycles. The van der Waals surface area contributed by atoms with E-state index in [0.717, 1.165) is 13.0 Å². The first-order chi connectivity index (χ1) is 8.64. The Labute approximate surface area is 118 Å². The molecule has 0 radical (unpaired) electrons. The van der Waals surface area contributed by atoms with E-state index in [9.17, 15) is 16.8 Å². The van der Waals surface area contributed by atoms with E-state index in [0.29, 0.717) is 12.8 Å². The van der Waals surface area contributed by atoms with E-state index in [1.807, 2.05) is 6.92 Å². The Balaban J connectivity index is 4.53. The summed E-state index contributed by atoms with van der Waals surface area (Å²) in [6.07, 6.45) is 3.20. The highest BCUT2D eigenvalue weighted by atomic mass is 32.2. The molecule has 0 rings (SSSR count). The molecule has 0 saturated carbocycles. The smallest absolute Gasteiger partial charge is 0.151 e. The maximum atomic E-state index is 11.6. The highest BCUT2D eigenvalue weighted by Crippen LogP contribution is 2.11. The monoisotopic (exact) mass is 313 g/mol. The maximum Gasteiger partial charge on any atom is 0.151 e. The lowest BCUT2D eigenvalue weighted by molar-refractivity contribution is 0.455. The zero-order valence-corrected chi connectivity index (χ0v) is 14.0. The molecule has 5 nitrogen and oxygen atoms in total. The van der Waals surface area contributed by atoms with Crippen LogP contribution in [0.15, 0.2) is 0 Å². The number of hydrogen-bond acceptors (Lipinski definition) is 5. The molecule has 0 fully saturated rings. The van der Waals surface area contributed by atoms with Crippen LogP contribution in [0.25, 0.3) is 0 Å². The van der Waals surface area contributed by atoms with E-state index in [1.54, 1.807) is 13.8 Å². The number of sulfone groups is 2. The Bertz CT molecular complexity index is 442. The molecule has 2 unspecified atom stereocenters. The molecule has 0 aliphatic carbocycles. The summed E-state index contributed by atoms with van der Waals surface area (Å²) in [4.78, 5) is 0. The minimum Gasteiger partial charge on any atom is -0.313 e. The van der Waals surface area contributed by atoms with Crippen molar-refractivity contribution in [3.63, 3.8) is 0 Å². The third kappa shape index (κ3) is 7.89. The average Bonchev–Trinajstić information content (AvgIpc) is 2.31. The predicted molar refractivity (Wildman–Crippen MR) is 79.9 cm³/mol. The fourth-order valence-electron chi connectivity index (χ4n) is 1.80. The molecule has 0 amide bonds. The zero-order valence-electron chi connectivity index (χ0n) is 12.3. The topological polar surface area (TPSA) is 80.3 Å². The van der Waals surface area contributed by atoms with Crippen LogP contribution in [0, 0.1) is 0 Å². The molecule has 0 aromatic heterocycles. The van der Waals surface area contributed by atoms with Crippen LogP contribution < -0.4 is 5.32 Å². The molecule has 116 valence electrons. The largest absolute Gasteiger partial charge is 0.313 e. The zero-order chi connectivity index (χ0) is 15.1. The van der Waals surface area contributed by atoms with Gasteiger partial charge in [-0.3, -0.25) is 0 Å². The summed E-state index contributed by atoms with van der Waals surface area (Å²) in [6, 6.07) is -0.179. The van der Waals surface area contributed by atoms with Crippen LogP contribution in [0.4, 0.5) is 0 Å². The summed E-state index contributed by atoms with van der Waals surface area (Å²) in [5, 5.41) is 2.71. The number of nitrogens with one attached hydrogen (secondary N) is 1. The minimum absolute atomic E-state index is 0.129. The van der Waals surface area contributed by atoms with Crippen LogP contribution in [0.1, 0.15) is 40.0 Å². The van der Waals surface area contributed by atoms with Gasteiger partial charge < -0.3 is 5.32 Å². The molecule has 0 aromatic carbocycles. The lowest BCUT2D eigenvalue weighted by Crippen LogP contribution is -2.42. The van der Waals surface area contributed by atoms with Crippen LogP contribution in [0.5, 0.6) is 0 Å². The van der Waals surface area contributed by atoms with Crippen LogP contribution in [0.2, 0.25) is 0 Å². The molecule has 7 heteroatoms. The number of rotatable bonds is 10. The molecule has 2 atom stereocenters. The normalized spacial score (nSPS) is 16.2. The van der Waals surface area contributed by atoms with Gasteiger partial charge in [-0.25, -0.2) is 16.8 Å². The molecule has 0 spiro atoms. The standard InChI is InChI=1S/C12H27NO4S2/c1-5-9-13-12(11(3)18(4,14)15)8-7-10-19(16,17)6-2/h11-13H,5-10H2,1-4H3. The third-order valence-electron chi connectivity index (χ3n) is 3.31. The van der Waals surface area contributed by atoms with Crippen LogP contribution >= 0.6 is 0 Å². The molecule has 0 saturated heterocycles. The van der Waals surface area contributed by atoms with E-state index >= 15 is 0 Å². The van der Waals surface area contributed by atoms with E-state index in [1.165, 1.54) is 6.26 Å². The van der Waals surface area contributed by atoms with Crippen molar-refractivity contribution < 1.29 is 16.8 Å². The Hall–Kier alpha value is -0.140. The molecule has 1 N–H and O–H groups in total.